The molecule has 0 amide bonds. The Morgan fingerprint density at radius 1 is 1.23 bits per heavy atom. The van der Waals surface area contributed by atoms with E-state index < -0.39 is 0 Å². The van der Waals surface area contributed by atoms with Crippen LogP contribution in [-0.2, 0) is 16.6 Å². The van der Waals surface area contributed by atoms with Crippen molar-refractivity contribution in [2.75, 3.05) is 18.5 Å². The van der Waals surface area contributed by atoms with Gasteiger partial charge in [-0.05, 0) is 31.8 Å². The zero-order chi connectivity index (χ0) is 17.6. The maximum Gasteiger partial charge on any atom is 0.159 e. The number of aryl methyl sites for hydroxylation is 1. The summed E-state index contributed by atoms with van der Waals surface area (Å²) < 4.78 is 7.33. The fraction of sp³-hybridized carbons (Fsp3) is 0.579. The van der Waals surface area contributed by atoms with Gasteiger partial charge in [0.15, 0.2) is 5.65 Å². The Balaban J connectivity index is 1.57. The van der Waals surface area contributed by atoms with Gasteiger partial charge in [0.05, 0.1) is 23.0 Å². The molecule has 0 aromatic carbocycles. The molecule has 7 nitrogen and oxygen atoms in total. The number of aromatic nitrogens is 3. The lowest BCUT2D eigenvalue weighted by molar-refractivity contribution is -0.0289. The number of pyridine rings is 1. The molecule has 1 saturated carbocycles. The highest BCUT2D eigenvalue weighted by Gasteiger charge is 2.39. The van der Waals surface area contributed by atoms with E-state index in [1.54, 1.807) is 0 Å². The zero-order valence-electron chi connectivity index (χ0n) is 15.1. The lowest BCUT2D eigenvalue weighted by Crippen LogP contribution is -2.28. The summed E-state index contributed by atoms with van der Waals surface area (Å²) in [4.78, 5) is 10.6. The molecular weight excluding hydrogens is 330 g/mol. The van der Waals surface area contributed by atoms with Crippen molar-refractivity contribution in [3.63, 3.8) is 0 Å². The molecule has 2 aliphatic heterocycles. The first kappa shape index (κ1) is 16.1. The quantitative estimate of drug-likeness (QED) is 0.882. The van der Waals surface area contributed by atoms with E-state index in [9.17, 15) is 0 Å². The summed E-state index contributed by atoms with van der Waals surface area (Å²) in [5.74, 6) is 0. The van der Waals surface area contributed by atoms with Crippen molar-refractivity contribution >= 4 is 22.4 Å². The van der Waals surface area contributed by atoms with Crippen molar-refractivity contribution in [1.82, 2.24) is 20.2 Å². The van der Waals surface area contributed by atoms with Gasteiger partial charge >= 0.3 is 0 Å². The molecule has 0 bridgehead atoms. The number of fused-ring (bicyclic) bond motifs is 1. The van der Waals surface area contributed by atoms with E-state index in [1.165, 1.54) is 12.8 Å². The first-order chi connectivity index (χ1) is 12.7. The van der Waals surface area contributed by atoms with Crippen molar-refractivity contribution in [2.45, 2.75) is 50.2 Å². The minimum absolute atomic E-state index is 0.144. The molecule has 26 heavy (non-hydrogen) atoms. The molecule has 3 aliphatic rings. The molecule has 5 rings (SSSR count). The van der Waals surface area contributed by atoms with Gasteiger partial charge in [-0.15, -0.1) is 0 Å². The van der Waals surface area contributed by atoms with E-state index in [4.69, 9.17) is 9.57 Å². The first-order valence-corrected chi connectivity index (χ1v) is 9.56. The molecule has 1 saturated heterocycles. The molecular formula is C19H25N5O2. The minimum atomic E-state index is -0.144. The second-order valence-corrected chi connectivity index (χ2v) is 7.62. The maximum absolute atomic E-state index is 5.99. The lowest BCUT2D eigenvalue weighted by atomic mass is 9.99. The number of anilines is 1. The molecule has 4 heterocycles. The summed E-state index contributed by atoms with van der Waals surface area (Å²) in [6, 6.07) is 0.400. The van der Waals surface area contributed by atoms with Gasteiger partial charge in [0, 0.05) is 38.1 Å². The van der Waals surface area contributed by atoms with Crippen LogP contribution in [-0.4, -0.2) is 39.6 Å². The Morgan fingerprint density at radius 3 is 2.85 bits per heavy atom. The third kappa shape index (κ3) is 2.66. The summed E-state index contributed by atoms with van der Waals surface area (Å²) in [7, 11) is 1.93. The van der Waals surface area contributed by atoms with E-state index in [1.807, 2.05) is 24.1 Å². The van der Waals surface area contributed by atoms with Crippen molar-refractivity contribution in [3.05, 3.63) is 24.0 Å². The lowest BCUT2D eigenvalue weighted by Gasteiger charge is -2.25. The number of hydrogen-bond donors (Lipinski definition) is 2. The van der Waals surface area contributed by atoms with Crippen molar-refractivity contribution in [2.24, 2.45) is 7.05 Å². The van der Waals surface area contributed by atoms with E-state index in [0.29, 0.717) is 6.04 Å². The van der Waals surface area contributed by atoms with Crippen molar-refractivity contribution in [3.8, 4) is 0 Å². The number of hydrogen-bond acceptors (Lipinski definition) is 6. The van der Waals surface area contributed by atoms with E-state index in [-0.39, 0.29) is 5.60 Å². The SMILES string of the molecule is Cn1ncc2c(NC3CCOCC3)c(C3=CC4(CCCC4)ON3)cnc21. The largest absolute Gasteiger partial charge is 0.381 e. The van der Waals surface area contributed by atoms with Crippen molar-refractivity contribution in [1.29, 1.82) is 0 Å². The summed E-state index contributed by atoms with van der Waals surface area (Å²) in [6.45, 7) is 1.61. The smallest absolute Gasteiger partial charge is 0.159 e. The average Bonchev–Trinajstić information content (AvgIpc) is 3.39. The standard InChI is InChI=1S/C19H25N5O2/c1-24-18-15(12-21-24)17(22-13-4-8-25-9-5-13)14(11-20-18)16-10-19(26-23-16)6-2-3-7-19/h10-13,23H,2-9H2,1H3,(H,20,22). The molecule has 0 atom stereocenters. The number of hydroxylamine groups is 1. The Labute approximate surface area is 152 Å². The third-order valence-corrected chi connectivity index (χ3v) is 5.84. The van der Waals surface area contributed by atoms with Crippen LogP contribution in [0.1, 0.15) is 44.1 Å². The van der Waals surface area contributed by atoms with E-state index in [2.05, 4.69) is 27.0 Å². The molecule has 0 unspecified atom stereocenters. The fourth-order valence-electron chi connectivity index (χ4n) is 4.33. The van der Waals surface area contributed by atoms with Crippen molar-refractivity contribution < 1.29 is 9.57 Å². The van der Waals surface area contributed by atoms with Gasteiger partial charge in [0.25, 0.3) is 0 Å². The van der Waals surface area contributed by atoms with Gasteiger partial charge in [-0.2, -0.15) is 5.10 Å². The van der Waals surface area contributed by atoms with Crippen LogP contribution in [0.5, 0.6) is 0 Å². The number of nitrogens with zero attached hydrogens (tertiary/aromatic N) is 3. The van der Waals surface area contributed by atoms with Gasteiger partial charge in [-0.1, -0.05) is 12.8 Å². The highest BCUT2D eigenvalue weighted by molar-refractivity contribution is 5.95. The monoisotopic (exact) mass is 355 g/mol. The van der Waals surface area contributed by atoms with Crippen LogP contribution in [0.4, 0.5) is 5.69 Å². The predicted octanol–water partition coefficient (Wildman–Crippen LogP) is 2.75. The fourth-order valence-corrected chi connectivity index (χ4v) is 4.33. The van der Waals surface area contributed by atoms with Crippen LogP contribution in [0, 0.1) is 0 Å². The minimum Gasteiger partial charge on any atom is -0.381 e. The Hall–Kier alpha value is -2.12. The Kier molecular flexibility index (Phi) is 3.86. The highest BCUT2D eigenvalue weighted by atomic mass is 16.7. The normalized spacial score (nSPS) is 22.7. The van der Waals surface area contributed by atoms with Crippen LogP contribution in [0.15, 0.2) is 18.5 Å². The molecule has 2 aromatic heterocycles. The zero-order valence-corrected chi connectivity index (χ0v) is 15.1. The average molecular weight is 355 g/mol. The number of nitrogens with one attached hydrogen (secondary N) is 2. The Morgan fingerprint density at radius 2 is 2.04 bits per heavy atom. The molecule has 7 heteroatoms. The van der Waals surface area contributed by atoms with Gasteiger partial charge < -0.3 is 10.1 Å². The second-order valence-electron chi connectivity index (χ2n) is 7.62. The molecule has 2 aromatic rings. The van der Waals surface area contributed by atoms with Gasteiger partial charge in [-0.25, -0.2) is 4.98 Å². The molecule has 2 N–H and O–H groups in total. The Bertz CT molecular complexity index is 847. The number of rotatable bonds is 3. The maximum atomic E-state index is 5.99. The first-order valence-electron chi connectivity index (χ1n) is 9.56. The second kappa shape index (κ2) is 6.25. The van der Waals surface area contributed by atoms with Crippen LogP contribution < -0.4 is 10.8 Å². The third-order valence-electron chi connectivity index (χ3n) is 5.84. The van der Waals surface area contributed by atoms with Crippen LogP contribution in [0.25, 0.3) is 16.7 Å². The molecule has 0 radical (unpaired) electrons. The van der Waals surface area contributed by atoms with Gasteiger partial charge in [0.2, 0.25) is 0 Å². The van der Waals surface area contributed by atoms with E-state index in [0.717, 1.165) is 66.9 Å². The van der Waals surface area contributed by atoms with Crippen LogP contribution in [0.3, 0.4) is 0 Å². The highest BCUT2D eigenvalue weighted by Crippen LogP contribution is 2.41. The molecule has 138 valence electrons. The molecule has 1 aliphatic carbocycles. The van der Waals surface area contributed by atoms with Crippen LogP contribution in [0.2, 0.25) is 0 Å². The molecule has 2 fully saturated rings. The summed E-state index contributed by atoms with van der Waals surface area (Å²) in [5, 5.41) is 9.21. The molecule has 1 spiro atoms. The van der Waals surface area contributed by atoms with Gasteiger partial charge in [-0.3, -0.25) is 15.0 Å². The van der Waals surface area contributed by atoms with Crippen LogP contribution >= 0.6 is 0 Å². The summed E-state index contributed by atoms with van der Waals surface area (Å²) >= 11 is 0. The topological polar surface area (TPSA) is 73.2 Å². The van der Waals surface area contributed by atoms with E-state index >= 15 is 0 Å². The predicted molar refractivity (Wildman–Crippen MR) is 99.4 cm³/mol. The summed E-state index contributed by atoms with van der Waals surface area (Å²) in [5.41, 5.74) is 7.09. The number of ether oxygens (including phenoxy) is 1. The summed E-state index contributed by atoms with van der Waals surface area (Å²) in [6.07, 6.45) is 12.7. The van der Waals surface area contributed by atoms with Gasteiger partial charge in [0.1, 0.15) is 5.60 Å².